The fourth-order valence-corrected chi connectivity index (χ4v) is 2.64. The van der Waals surface area contributed by atoms with E-state index >= 15 is 0 Å². The topological polar surface area (TPSA) is 58.6 Å². The van der Waals surface area contributed by atoms with Gasteiger partial charge in [-0.15, -0.1) is 0 Å². The van der Waals surface area contributed by atoms with Crippen molar-refractivity contribution in [3.63, 3.8) is 0 Å². The number of methoxy groups -OCH3 is 1. The van der Waals surface area contributed by atoms with Crippen molar-refractivity contribution < 1.29 is 19.0 Å². The minimum atomic E-state index is -0.406. The lowest BCUT2D eigenvalue weighted by Gasteiger charge is -2.26. The first-order valence-corrected chi connectivity index (χ1v) is 7.38. The van der Waals surface area contributed by atoms with E-state index in [1.165, 1.54) is 13.2 Å². The summed E-state index contributed by atoms with van der Waals surface area (Å²) in [5.41, 5.74) is 0.780. The average Bonchev–Trinajstić information content (AvgIpc) is 2.48. The van der Waals surface area contributed by atoms with E-state index in [1.54, 1.807) is 12.1 Å². The first-order valence-electron chi connectivity index (χ1n) is 7.38. The minimum Gasteiger partial charge on any atom is -0.494 e. The maximum Gasteiger partial charge on any atom is 0.220 e. The number of halogens is 1. The molecule has 0 bridgehead atoms. The quantitative estimate of drug-likeness (QED) is 0.875. The van der Waals surface area contributed by atoms with Gasteiger partial charge >= 0.3 is 0 Å². The lowest BCUT2D eigenvalue weighted by molar-refractivity contribution is -0.122. The zero-order valence-corrected chi connectivity index (χ0v) is 12.3. The Morgan fingerprint density at radius 3 is 2.71 bits per heavy atom. The molecule has 1 aliphatic carbocycles. The largest absolute Gasteiger partial charge is 0.494 e. The van der Waals surface area contributed by atoms with E-state index in [1.807, 2.05) is 0 Å². The number of ether oxygens (including phenoxy) is 1. The van der Waals surface area contributed by atoms with E-state index in [4.69, 9.17) is 4.74 Å². The van der Waals surface area contributed by atoms with E-state index in [0.29, 0.717) is 12.8 Å². The number of aliphatic hydroxyl groups excluding tert-OH is 1. The van der Waals surface area contributed by atoms with Crippen molar-refractivity contribution in [1.82, 2.24) is 5.32 Å². The summed E-state index contributed by atoms with van der Waals surface area (Å²) >= 11 is 0. The first kappa shape index (κ1) is 15.8. The summed E-state index contributed by atoms with van der Waals surface area (Å²) in [4.78, 5) is 11.9. The molecule has 0 aromatic heterocycles. The van der Waals surface area contributed by atoms with Gasteiger partial charge in [0.15, 0.2) is 11.6 Å². The second-order valence-corrected chi connectivity index (χ2v) is 5.54. The van der Waals surface area contributed by atoms with Crippen molar-refractivity contribution in [1.29, 1.82) is 0 Å². The average molecular weight is 295 g/mol. The number of aryl methyl sites for hydroxylation is 1. The van der Waals surface area contributed by atoms with Crippen molar-refractivity contribution in [2.45, 2.75) is 50.7 Å². The maximum absolute atomic E-state index is 13.5. The molecule has 2 rings (SSSR count). The number of aliphatic hydroxyl groups is 1. The van der Waals surface area contributed by atoms with Crippen LogP contribution in [-0.4, -0.2) is 30.3 Å². The van der Waals surface area contributed by atoms with Crippen LogP contribution in [0.4, 0.5) is 4.39 Å². The van der Waals surface area contributed by atoms with E-state index in [9.17, 15) is 14.3 Å². The van der Waals surface area contributed by atoms with Crippen LogP contribution in [0, 0.1) is 5.82 Å². The van der Waals surface area contributed by atoms with E-state index in [0.717, 1.165) is 31.2 Å². The van der Waals surface area contributed by atoms with Crippen LogP contribution >= 0.6 is 0 Å². The molecule has 21 heavy (non-hydrogen) atoms. The molecule has 1 aromatic rings. The van der Waals surface area contributed by atoms with Crippen molar-refractivity contribution in [3.05, 3.63) is 29.6 Å². The Morgan fingerprint density at radius 2 is 2.10 bits per heavy atom. The number of amides is 1. The summed E-state index contributed by atoms with van der Waals surface area (Å²) in [7, 11) is 1.42. The van der Waals surface area contributed by atoms with E-state index < -0.39 is 5.82 Å². The highest BCUT2D eigenvalue weighted by atomic mass is 19.1. The van der Waals surface area contributed by atoms with Gasteiger partial charge in [0.1, 0.15) is 0 Å². The summed E-state index contributed by atoms with van der Waals surface area (Å²) in [6, 6.07) is 4.91. The molecule has 0 saturated heterocycles. The molecule has 2 N–H and O–H groups in total. The lowest BCUT2D eigenvalue weighted by atomic mass is 9.93. The number of hydrogen-bond acceptors (Lipinski definition) is 3. The Kier molecular flexibility index (Phi) is 5.56. The second-order valence-electron chi connectivity index (χ2n) is 5.54. The van der Waals surface area contributed by atoms with Crippen LogP contribution in [0.15, 0.2) is 18.2 Å². The highest BCUT2D eigenvalue weighted by molar-refractivity contribution is 5.76. The van der Waals surface area contributed by atoms with Gasteiger partial charge in [-0.3, -0.25) is 4.79 Å². The fourth-order valence-electron chi connectivity index (χ4n) is 2.64. The van der Waals surface area contributed by atoms with E-state index in [-0.39, 0.29) is 23.8 Å². The molecule has 116 valence electrons. The third-order valence-electron chi connectivity index (χ3n) is 3.92. The molecular formula is C16H22FNO3. The van der Waals surface area contributed by atoms with Gasteiger partial charge < -0.3 is 15.2 Å². The number of carbonyl (C=O) groups is 1. The predicted molar refractivity (Wildman–Crippen MR) is 77.7 cm³/mol. The van der Waals surface area contributed by atoms with Crippen LogP contribution in [-0.2, 0) is 11.2 Å². The number of nitrogens with one attached hydrogen (secondary N) is 1. The van der Waals surface area contributed by atoms with Gasteiger partial charge in [0.05, 0.1) is 13.2 Å². The zero-order valence-electron chi connectivity index (χ0n) is 12.3. The molecule has 0 aliphatic heterocycles. The van der Waals surface area contributed by atoms with Gasteiger partial charge in [-0.05, 0) is 49.8 Å². The van der Waals surface area contributed by atoms with Crippen molar-refractivity contribution in [2.24, 2.45) is 0 Å². The zero-order chi connectivity index (χ0) is 15.2. The molecule has 0 spiro atoms. The molecule has 1 fully saturated rings. The third kappa shape index (κ3) is 4.70. The molecular weight excluding hydrogens is 273 g/mol. The Morgan fingerprint density at radius 1 is 1.38 bits per heavy atom. The second kappa shape index (κ2) is 7.41. The van der Waals surface area contributed by atoms with Gasteiger partial charge in [0.25, 0.3) is 0 Å². The molecule has 4 nitrogen and oxygen atoms in total. The SMILES string of the molecule is COc1ccc(CCC(=O)NC2CCC(O)CC2)cc1F. The monoisotopic (exact) mass is 295 g/mol. The summed E-state index contributed by atoms with van der Waals surface area (Å²) in [6.45, 7) is 0. The Balaban J connectivity index is 1.77. The summed E-state index contributed by atoms with van der Waals surface area (Å²) in [5, 5.41) is 12.4. The predicted octanol–water partition coefficient (Wildman–Crippen LogP) is 2.19. The molecule has 0 atom stereocenters. The molecule has 1 amide bonds. The van der Waals surface area contributed by atoms with Crippen molar-refractivity contribution in [2.75, 3.05) is 7.11 Å². The smallest absolute Gasteiger partial charge is 0.220 e. The standard InChI is InChI=1S/C16H22FNO3/c1-21-15-8-2-11(10-14(15)17)3-9-16(20)18-12-4-6-13(19)7-5-12/h2,8,10,12-13,19H,3-7,9H2,1H3,(H,18,20). The Bertz CT molecular complexity index is 484. The Labute approximate surface area is 124 Å². The van der Waals surface area contributed by atoms with Crippen LogP contribution < -0.4 is 10.1 Å². The molecule has 0 radical (unpaired) electrons. The normalized spacial score (nSPS) is 21.9. The lowest BCUT2D eigenvalue weighted by Crippen LogP contribution is -2.38. The number of hydrogen-bond donors (Lipinski definition) is 2. The van der Waals surface area contributed by atoms with Gasteiger partial charge in [-0.1, -0.05) is 6.07 Å². The molecule has 1 aromatic carbocycles. The maximum atomic E-state index is 13.5. The highest BCUT2D eigenvalue weighted by Gasteiger charge is 2.20. The van der Waals surface area contributed by atoms with Crippen molar-refractivity contribution in [3.8, 4) is 5.75 Å². The summed E-state index contributed by atoms with van der Waals surface area (Å²) in [5.74, 6) is -0.215. The highest BCUT2D eigenvalue weighted by Crippen LogP contribution is 2.20. The molecule has 1 aliphatic rings. The summed E-state index contributed by atoms with van der Waals surface area (Å²) in [6.07, 6.45) is 3.75. The molecule has 1 saturated carbocycles. The van der Waals surface area contributed by atoms with Crippen molar-refractivity contribution >= 4 is 5.91 Å². The van der Waals surface area contributed by atoms with Crippen LogP contribution in [0.25, 0.3) is 0 Å². The van der Waals surface area contributed by atoms with Gasteiger partial charge in [-0.2, -0.15) is 0 Å². The van der Waals surface area contributed by atoms with Gasteiger partial charge in [0.2, 0.25) is 5.91 Å². The van der Waals surface area contributed by atoms with Crippen LogP contribution in [0.2, 0.25) is 0 Å². The molecule has 0 unspecified atom stereocenters. The minimum absolute atomic E-state index is 0.0207. The number of carbonyl (C=O) groups excluding carboxylic acids is 1. The molecule has 0 heterocycles. The summed E-state index contributed by atoms with van der Waals surface area (Å²) < 4.78 is 18.4. The first-order chi connectivity index (χ1) is 10.1. The van der Waals surface area contributed by atoms with Crippen LogP contribution in [0.3, 0.4) is 0 Å². The van der Waals surface area contributed by atoms with E-state index in [2.05, 4.69) is 5.32 Å². The van der Waals surface area contributed by atoms with Gasteiger partial charge in [-0.25, -0.2) is 4.39 Å². The Hall–Kier alpha value is -1.62. The molecule has 5 heteroatoms. The number of benzene rings is 1. The van der Waals surface area contributed by atoms with Crippen LogP contribution in [0.5, 0.6) is 5.75 Å². The van der Waals surface area contributed by atoms with Crippen LogP contribution in [0.1, 0.15) is 37.7 Å². The van der Waals surface area contributed by atoms with Gasteiger partial charge in [0, 0.05) is 12.5 Å². The fraction of sp³-hybridized carbons (Fsp3) is 0.562. The third-order valence-corrected chi connectivity index (χ3v) is 3.92. The number of rotatable bonds is 5.